The van der Waals surface area contributed by atoms with Crippen LogP contribution < -0.4 is 25.4 Å². The molecule has 3 aromatic carbocycles. The highest BCUT2D eigenvalue weighted by molar-refractivity contribution is 6.34. The molecule has 24 nitrogen and oxygen atoms in total. The SMILES string of the molecule is COc1cc2c(cc1-c1cccc(NC(=O)CCNC(=O)CN3CCC(NC(=O)CN4CCN(CC(=O)O)CCN(CC(=O)O)CCN(CC(=O)O)CC4)CC3)c1)-c1c(c(C(=O)N3CCOCC3(C)C)nn1-c1cc(Cl)cc(Cl)c1)CO2. The van der Waals surface area contributed by atoms with Gasteiger partial charge >= 0.3 is 17.9 Å². The van der Waals surface area contributed by atoms with E-state index in [0.717, 1.165) is 0 Å². The number of aliphatic carboxylic acids is 3. The first-order valence-corrected chi connectivity index (χ1v) is 28.0. The molecule has 4 aliphatic heterocycles. The third-order valence-corrected chi connectivity index (χ3v) is 15.4. The Morgan fingerprint density at radius 2 is 1.27 bits per heavy atom. The van der Waals surface area contributed by atoms with E-state index in [1.807, 2.05) is 47.9 Å². The standard InChI is InChI=1S/C56H71Cl2N11O13/c1-56(2)35-81-22-21-68(56)55(79)53-44-34-82-46-28-45(80-3)42(27-43(46)54(44)69(62-53)41-25-37(57)24-38(58)26-41)36-5-4-6-40(23-36)61-47(70)7-10-59-48(71)29-63-11-8-39(9-12-63)60-49(72)30-64-13-15-65(31-50(73)74)17-19-67(33-52(77)78)20-18-66(16-14-64)32-51(75)76/h4-6,23-28,39H,7-22,29-35H2,1-3H3,(H,59,71)(H,60,72)(H,61,70)(H,73,74)(H,75,76)(H,77,78). The lowest BCUT2D eigenvalue weighted by Gasteiger charge is -2.41. The number of anilines is 1. The van der Waals surface area contributed by atoms with E-state index in [1.165, 1.54) is 0 Å². The Kier molecular flexibility index (Phi) is 20.8. The van der Waals surface area contributed by atoms with E-state index in [2.05, 4.69) is 16.0 Å². The van der Waals surface area contributed by atoms with Crippen LogP contribution in [0.2, 0.25) is 10.0 Å². The van der Waals surface area contributed by atoms with Crippen LogP contribution in [-0.4, -0.2) is 239 Å². The number of carbonyl (C=O) groups excluding carboxylic acids is 4. The number of likely N-dealkylation sites (tertiary alicyclic amines) is 1. The molecular formula is C56H71Cl2N11O13. The quantitative estimate of drug-likeness (QED) is 0.0786. The van der Waals surface area contributed by atoms with Gasteiger partial charge in [-0.3, -0.25) is 58.1 Å². The Balaban J connectivity index is 0.838. The monoisotopic (exact) mass is 1180 g/mol. The van der Waals surface area contributed by atoms with Gasteiger partial charge in [0.25, 0.3) is 5.91 Å². The zero-order valence-electron chi connectivity index (χ0n) is 46.3. The second-order valence-electron chi connectivity index (χ2n) is 21.5. The lowest BCUT2D eigenvalue weighted by molar-refractivity contribution is -0.140. The van der Waals surface area contributed by atoms with Crippen molar-refractivity contribution in [2.75, 3.05) is 137 Å². The van der Waals surface area contributed by atoms with Crippen molar-refractivity contribution < 1.29 is 63.1 Å². The maximum Gasteiger partial charge on any atom is 0.317 e. The van der Waals surface area contributed by atoms with Crippen LogP contribution in [0.4, 0.5) is 5.69 Å². The molecule has 5 heterocycles. The molecule has 8 rings (SSSR count). The lowest BCUT2D eigenvalue weighted by Crippen LogP contribution is -2.55. The summed E-state index contributed by atoms with van der Waals surface area (Å²) in [4.78, 5) is 99.8. The molecule has 0 spiro atoms. The predicted molar refractivity (Wildman–Crippen MR) is 304 cm³/mol. The van der Waals surface area contributed by atoms with Crippen molar-refractivity contribution in [1.29, 1.82) is 0 Å². The van der Waals surface area contributed by atoms with Gasteiger partial charge in [-0.2, -0.15) is 5.10 Å². The Morgan fingerprint density at radius 1 is 0.695 bits per heavy atom. The number of carboxylic acids is 3. The number of aromatic nitrogens is 2. The number of nitrogens with one attached hydrogen (secondary N) is 3. The average molecular weight is 1180 g/mol. The predicted octanol–water partition coefficient (Wildman–Crippen LogP) is 3.17. The van der Waals surface area contributed by atoms with Gasteiger partial charge in [0.2, 0.25) is 17.7 Å². The second kappa shape index (κ2) is 27.9. The molecule has 3 saturated heterocycles. The summed E-state index contributed by atoms with van der Waals surface area (Å²) < 4.78 is 19.6. The zero-order chi connectivity index (χ0) is 58.7. The van der Waals surface area contributed by atoms with Gasteiger partial charge in [0.15, 0.2) is 5.69 Å². The van der Waals surface area contributed by atoms with Gasteiger partial charge in [-0.25, -0.2) is 4.68 Å². The average Bonchev–Trinajstić information content (AvgIpc) is 3.91. The zero-order valence-corrected chi connectivity index (χ0v) is 47.8. The van der Waals surface area contributed by atoms with E-state index >= 15 is 0 Å². The molecule has 26 heteroatoms. The highest BCUT2D eigenvalue weighted by Crippen LogP contribution is 2.47. The van der Waals surface area contributed by atoms with Gasteiger partial charge in [-0.05, 0) is 68.7 Å². The maximum absolute atomic E-state index is 14.4. The van der Waals surface area contributed by atoms with Gasteiger partial charge < -0.3 is 50.4 Å². The Hall–Kier alpha value is -6.90. The Bertz CT molecular complexity index is 2950. The number of amides is 4. The number of halogens is 2. The molecule has 1 aromatic heterocycles. The molecule has 0 saturated carbocycles. The summed E-state index contributed by atoms with van der Waals surface area (Å²) in [6.45, 7) is 7.97. The maximum atomic E-state index is 14.4. The minimum absolute atomic E-state index is 0.00411. The number of morpholine rings is 1. The van der Waals surface area contributed by atoms with Gasteiger partial charge in [-0.15, -0.1) is 0 Å². The fraction of sp³-hybridized carbons (Fsp3) is 0.500. The minimum atomic E-state index is -1.04. The number of methoxy groups -OCH3 is 1. The fourth-order valence-electron chi connectivity index (χ4n) is 10.7. The molecule has 0 aliphatic carbocycles. The van der Waals surface area contributed by atoms with Crippen LogP contribution in [0.25, 0.3) is 28.1 Å². The number of nitrogens with zero attached hydrogens (tertiary/aromatic N) is 8. The molecule has 0 bridgehead atoms. The lowest BCUT2D eigenvalue weighted by atomic mass is 9.95. The summed E-state index contributed by atoms with van der Waals surface area (Å²) in [5, 5.41) is 43.1. The van der Waals surface area contributed by atoms with E-state index in [4.69, 9.17) is 42.5 Å². The molecule has 442 valence electrons. The normalized spacial score (nSPS) is 17.9. The van der Waals surface area contributed by atoms with Crippen molar-refractivity contribution in [1.82, 2.24) is 49.8 Å². The van der Waals surface area contributed by atoms with Crippen molar-refractivity contribution in [2.45, 2.75) is 51.3 Å². The van der Waals surface area contributed by atoms with Crippen molar-refractivity contribution in [3.63, 3.8) is 0 Å². The first-order chi connectivity index (χ1) is 39.2. The van der Waals surface area contributed by atoms with Gasteiger partial charge in [0.1, 0.15) is 18.1 Å². The fourth-order valence-corrected chi connectivity index (χ4v) is 11.2. The molecule has 82 heavy (non-hydrogen) atoms. The molecule has 0 radical (unpaired) electrons. The summed E-state index contributed by atoms with van der Waals surface area (Å²) >= 11 is 13.0. The van der Waals surface area contributed by atoms with E-state index in [1.54, 1.807) is 61.7 Å². The molecule has 4 aromatic rings. The van der Waals surface area contributed by atoms with E-state index in [9.17, 15) is 48.9 Å². The van der Waals surface area contributed by atoms with Crippen LogP contribution in [-0.2, 0) is 40.1 Å². The first kappa shape index (κ1) is 61.2. The summed E-state index contributed by atoms with van der Waals surface area (Å²) in [5.41, 5.74) is 3.91. The summed E-state index contributed by atoms with van der Waals surface area (Å²) in [6, 6.07) is 15.9. The second-order valence-corrected chi connectivity index (χ2v) is 22.4. The number of fused-ring (bicyclic) bond motifs is 3. The molecule has 0 unspecified atom stereocenters. The molecular weight excluding hydrogens is 1110 g/mol. The van der Waals surface area contributed by atoms with Crippen molar-refractivity contribution in [2.24, 2.45) is 0 Å². The van der Waals surface area contributed by atoms with Crippen molar-refractivity contribution in [3.05, 3.63) is 75.9 Å². The van der Waals surface area contributed by atoms with Crippen molar-refractivity contribution in [3.8, 4) is 39.6 Å². The molecule has 3 fully saturated rings. The number of carbonyl (C=O) groups is 7. The van der Waals surface area contributed by atoms with Crippen molar-refractivity contribution >= 4 is 70.4 Å². The summed E-state index contributed by atoms with van der Waals surface area (Å²) in [5.74, 6) is -3.16. The number of hydrogen-bond acceptors (Lipinski definition) is 16. The molecule has 4 amide bonds. The number of rotatable bonds is 19. The first-order valence-electron chi connectivity index (χ1n) is 27.3. The van der Waals surface area contributed by atoms with Gasteiger partial charge in [0.05, 0.1) is 70.0 Å². The largest absolute Gasteiger partial charge is 0.496 e. The number of hydrogen-bond donors (Lipinski definition) is 6. The topological polar surface area (TPSA) is 281 Å². The third kappa shape index (κ3) is 16.4. The molecule has 4 aliphatic rings. The van der Waals surface area contributed by atoms with Gasteiger partial charge in [0, 0.05) is 129 Å². The van der Waals surface area contributed by atoms with Crippen LogP contribution in [0.3, 0.4) is 0 Å². The van der Waals surface area contributed by atoms with Crippen LogP contribution in [0.1, 0.15) is 49.2 Å². The highest BCUT2D eigenvalue weighted by atomic mass is 35.5. The number of benzene rings is 3. The number of piperidine rings is 1. The molecule has 0 atom stereocenters. The van der Waals surface area contributed by atoms with Crippen LogP contribution in [0.15, 0.2) is 54.6 Å². The minimum Gasteiger partial charge on any atom is -0.496 e. The van der Waals surface area contributed by atoms with Gasteiger partial charge in [-0.1, -0.05) is 35.3 Å². The van der Waals surface area contributed by atoms with E-state index in [-0.39, 0.29) is 114 Å². The van der Waals surface area contributed by atoms with Crippen LogP contribution >= 0.6 is 23.2 Å². The molecule has 6 N–H and O–H groups in total. The Labute approximate surface area is 485 Å². The smallest absolute Gasteiger partial charge is 0.317 e. The van der Waals surface area contributed by atoms with Crippen LogP contribution in [0.5, 0.6) is 11.5 Å². The number of ether oxygens (including phenoxy) is 3. The third-order valence-electron chi connectivity index (χ3n) is 14.9. The van der Waals surface area contributed by atoms with E-state index < -0.39 is 23.4 Å². The van der Waals surface area contributed by atoms with E-state index in [0.29, 0.717) is 133 Å². The summed E-state index contributed by atoms with van der Waals surface area (Å²) in [6.07, 6.45) is 1.19. The summed E-state index contributed by atoms with van der Waals surface area (Å²) in [7, 11) is 1.55. The number of carboxylic acid groups (broad SMARTS) is 3. The Morgan fingerprint density at radius 3 is 1.84 bits per heavy atom. The van der Waals surface area contributed by atoms with Crippen LogP contribution in [0, 0.1) is 0 Å². The highest BCUT2D eigenvalue weighted by Gasteiger charge is 2.40.